The monoisotopic (exact) mass is 440 g/mol. The molecule has 6 heteroatoms. The molecule has 4 aromatic rings. The second-order valence-electron chi connectivity index (χ2n) is 7.89. The number of hydrogen-bond donors (Lipinski definition) is 1. The number of benzene rings is 3. The van der Waals surface area contributed by atoms with Gasteiger partial charge in [-0.1, -0.05) is 48.9 Å². The molecule has 33 heavy (non-hydrogen) atoms. The molecule has 0 saturated heterocycles. The summed E-state index contributed by atoms with van der Waals surface area (Å²) in [5.74, 6) is 2.12. The van der Waals surface area contributed by atoms with E-state index in [1.807, 2.05) is 60.1 Å². The van der Waals surface area contributed by atoms with Gasteiger partial charge in [-0.2, -0.15) is 5.10 Å². The number of aromatic nitrogens is 3. The van der Waals surface area contributed by atoms with Crippen LogP contribution in [0.4, 0.5) is 0 Å². The van der Waals surface area contributed by atoms with Crippen LogP contribution in [0, 0.1) is 6.92 Å². The Morgan fingerprint density at radius 3 is 2.48 bits per heavy atom. The van der Waals surface area contributed by atoms with E-state index in [0.29, 0.717) is 17.9 Å². The molecule has 0 unspecified atom stereocenters. The Hall–Kier alpha value is -3.93. The van der Waals surface area contributed by atoms with E-state index < -0.39 is 0 Å². The fraction of sp³-hybridized carbons (Fsp3) is 0.222. The zero-order valence-corrected chi connectivity index (χ0v) is 19.2. The van der Waals surface area contributed by atoms with Crippen LogP contribution in [0.15, 0.2) is 72.8 Å². The number of ether oxygens (including phenoxy) is 1. The topological polar surface area (TPSA) is 69.0 Å². The Morgan fingerprint density at radius 1 is 1.03 bits per heavy atom. The van der Waals surface area contributed by atoms with E-state index in [1.165, 1.54) is 11.1 Å². The maximum Gasteiger partial charge on any atom is 0.251 e. The van der Waals surface area contributed by atoms with Gasteiger partial charge in [-0.3, -0.25) is 4.79 Å². The first-order valence-electron chi connectivity index (χ1n) is 11.1. The molecule has 1 heterocycles. The van der Waals surface area contributed by atoms with Crippen LogP contribution in [0.25, 0.3) is 17.1 Å². The van der Waals surface area contributed by atoms with Crippen molar-refractivity contribution in [1.82, 2.24) is 20.1 Å². The Morgan fingerprint density at radius 2 is 1.79 bits per heavy atom. The summed E-state index contributed by atoms with van der Waals surface area (Å²) in [4.78, 5) is 17.5. The molecule has 1 N–H and O–H groups in total. The number of carbonyl (C=O) groups is 1. The number of hydrogen-bond acceptors (Lipinski definition) is 4. The lowest BCUT2D eigenvalue weighted by Crippen LogP contribution is -2.25. The highest BCUT2D eigenvalue weighted by Crippen LogP contribution is 2.24. The van der Waals surface area contributed by atoms with Gasteiger partial charge in [0.2, 0.25) is 0 Å². The first-order valence-corrected chi connectivity index (χ1v) is 11.1. The third-order valence-corrected chi connectivity index (χ3v) is 5.49. The third kappa shape index (κ3) is 5.29. The molecule has 1 amide bonds. The van der Waals surface area contributed by atoms with E-state index in [1.54, 1.807) is 7.11 Å². The Kier molecular flexibility index (Phi) is 6.83. The minimum absolute atomic E-state index is 0.102. The van der Waals surface area contributed by atoms with Gasteiger partial charge in [0, 0.05) is 24.1 Å². The quantitative estimate of drug-likeness (QED) is 0.428. The van der Waals surface area contributed by atoms with Crippen LogP contribution >= 0.6 is 0 Å². The molecule has 3 aromatic carbocycles. The third-order valence-electron chi connectivity index (χ3n) is 5.49. The molecular formula is C27H28N4O2. The number of nitrogens with zero attached hydrogens (tertiary/aromatic N) is 3. The van der Waals surface area contributed by atoms with Crippen molar-refractivity contribution in [2.45, 2.75) is 26.7 Å². The van der Waals surface area contributed by atoms with Gasteiger partial charge in [0.05, 0.1) is 12.8 Å². The summed E-state index contributed by atoms with van der Waals surface area (Å²) in [5, 5.41) is 7.68. The summed E-state index contributed by atoms with van der Waals surface area (Å²) in [7, 11) is 1.64. The zero-order chi connectivity index (χ0) is 23.2. The molecular weight excluding hydrogens is 412 g/mol. The molecule has 1 aromatic heterocycles. The number of methoxy groups -OCH3 is 1. The molecule has 0 aliphatic carbocycles. The van der Waals surface area contributed by atoms with E-state index in [0.717, 1.165) is 35.7 Å². The van der Waals surface area contributed by atoms with Gasteiger partial charge in [0.25, 0.3) is 5.91 Å². The molecule has 4 rings (SSSR count). The molecule has 0 aliphatic rings. The normalized spacial score (nSPS) is 10.8. The van der Waals surface area contributed by atoms with Crippen LogP contribution in [0.3, 0.4) is 0 Å². The number of aryl methyl sites for hydroxylation is 2. The lowest BCUT2D eigenvalue weighted by Gasteiger charge is -2.09. The van der Waals surface area contributed by atoms with E-state index in [9.17, 15) is 4.79 Å². The fourth-order valence-corrected chi connectivity index (χ4v) is 3.57. The Labute approximate surface area is 194 Å². The second kappa shape index (κ2) is 10.1. The highest BCUT2D eigenvalue weighted by atomic mass is 16.5. The van der Waals surface area contributed by atoms with Gasteiger partial charge in [-0.25, -0.2) is 9.67 Å². The summed E-state index contributed by atoms with van der Waals surface area (Å²) >= 11 is 0. The predicted molar refractivity (Wildman–Crippen MR) is 130 cm³/mol. The molecule has 0 aliphatic heterocycles. The highest BCUT2D eigenvalue weighted by molar-refractivity contribution is 5.95. The minimum Gasteiger partial charge on any atom is -0.497 e. The molecule has 0 saturated carbocycles. The van der Waals surface area contributed by atoms with E-state index in [4.69, 9.17) is 9.72 Å². The second-order valence-corrected chi connectivity index (χ2v) is 7.89. The molecule has 0 spiro atoms. The average molecular weight is 441 g/mol. The van der Waals surface area contributed by atoms with Gasteiger partial charge < -0.3 is 10.1 Å². The summed E-state index contributed by atoms with van der Waals surface area (Å²) in [6, 6.07) is 23.6. The van der Waals surface area contributed by atoms with Gasteiger partial charge in [-0.15, -0.1) is 0 Å². The van der Waals surface area contributed by atoms with Crippen molar-refractivity contribution < 1.29 is 9.53 Å². The molecule has 0 atom stereocenters. The zero-order valence-electron chi connectivity index (χ0n) is 19.2. The van der Waals surface area contributed by atoms with Crippen molar-refractivity contribution in [3.8, 4) is 22.8 Å². The van der Waals surface area contributed by atoms with Gasteiger partial charge >= 0.3 is 0 Å². The molecule has 168 valence electrons. The standard InChI is InChI=1S/C27H28N4O2/c1-4-25-29-26(31(30-25)23-12-14-24(33-3)15-13-23)21-6-5-7-22(18-21)27(32)28-17-16-20-10-8-19(2)9-11-20/h5-15,18H,4,16-17H2,1-3H3,(H,28,32). The summed E-state index contributed by atoms with van der Waals surface area (Å²) in [6.07, 6.45) is 1.51. The van der Waals surface area contributed by atoms with E-state index >= 15 is 0 Å². The highest BCUT2D eigenvalue weighted by Gasteiger charge is 2.15. The van der Waals surface area contributed by atoms with Crippen LogP contribution in [-0.4, -0.2) is 34.3 Å². The Bertz CT molecular complexity index is 1230. The number of rotatable bonds is 8. The number of nitrogens with one attached hydrogen (secondary N) is 1. The fourth-order valence-electron chi connectivity index (χ4n) is 3.57. The van der Waals surface area contributed by atoms with Crippen LogP contribution in [0.5, 0.6) is 5.75 Å². The SMILES string of the molecule is CCc1nc(-c2cccc(C(=O)NCCc3ccc(C)cc3)c2)n(-c2ccc(OC)cc2)n1. The van der Waals surface area contributed by atoms with Crippen LogP contribution in [0.2, 0.25) is 0 Å². The van der Waals surface area contributed by atoms with Crippen LogP contribution in [0.1, 0.15) is 34.2 Å². The summed E-state index contributed by atoms with van der Waals surface area (Å²) in [6.45, 7) is 4.67. The molecule has 6 nitrogen and oxygen atoms in total. The van der Waals surface area contributed by atoms with Crippen molar-refractivity contribution in [2.75, 3.05) is 13.7 Å². The van der Waals surface area contributed by atoms with Gasteiger partial charge in [-0.05, 0) is 55.3 Å². The molecule has 0 bridgehead atoms. The lowest BCUT2D eigenvalue weighted by atomic mass is 10.1. The lowest BCUT2D eigenvalue weighted by molar-refractivity contribution is 0.0954. The number of amides is 1. The first-order chi connectivity index (χ1) is 16.1. The summed E-state index contributed by atoms with van der Waals surface area (Å²) in [5.41, 5.74) is 4.75. The van der Waals surface area contributed by atoms with Crippen molar-refractivity contribution in [2.24, 2.45) is 0 Å². The van der Waals surface area contributed by atoms with E-state index in [2.05, 4.69) is 41.6 Å². The average Bonchev–Trinajstić information content (AvgIpc) is 3.30. The van der Waals surface area contributed by atoms with E-state index in [-0.39, 0.29) is 5.91 Å². The smallest absolute Gasteiger partial charge is 0.251 e. The number of carbonyl (C=O) groups excluding carboxylic acids is 1. The maximum atomic E-state index is 12.8. The Balaban J connectivity index is 1.53. The maximum absolute atomic E-state index is 12.8. The van der Waals surface area contributed by atoms with Gasteiger partial charge in [0.1, 0.15) is 5.75 Å². The predicted octanol–water partition coefficient (Wildman–Crippen LogP) is 4.79. The largest absolute Gasteiger partial charge is 0.497 e. The van der Waals surface area contributed by atoms with Crippen molar-refractivity contribution in [1.29, 1.82) is 0 Å². The molecule has 0 radical (unpaired) electrons. The minimum atomic E-state index is -0.102. The van der Waals surface area contributed by atoms with Crippen molar-refractivity contribution in [3.05, 3.63) is 95.3 Å². The summed E-state index contributed by atoms with van der Waals surface area (Å²) < 4.78 is 7.08. The first kappa shape index (κ1) is 22.3. The van der Waals surface area contributed by atoms with Crippen molar-refractivity contribution >= 4 is 5.91 Å². The van der Waals surface area contributed by atoms with Crippen LogP contribution in [-0.2, 0) is 12.8 Å². The van der Waals surface area contributed by atoms with Crippen molar-refractivity contribution in [3.63, 3.8) is 0 Å². The van der Waals surface area contributed by atoms with Crippen LogP contribution < -0.4 is 10.1 Å². The molecule has 0 fully saturated rings. The van der Waals surface area contributed by atoms with Gasteiger partial charge in [0.15, 0.2) is 11.6 Å².